The van der Waals surface area contributed by atoms with Crippen molar-refractivity contribution in [3.63, 3.8) is 0 Å². The van der Waals surface area contributed by atoms with Crippen molar-refractivity contribution in [2.24, 2.45) is 0 Å². The number of nitrogens with zero attached hydrogens (tertiary/aromatic N) is 2. The zero-order valence-electron chi connectivity index (χ0n) is 10.8. The fourth-order valence-electron chi connectivity index (χ4n) is 2.07. The number of fused-ring (bicyclic) bond motifs is 1. The maximum absolute atomic E-state index is 12.6. The Kier molecular flexibility index (Phi) is 4.84. The highest BCUT2D eigenvalue weighted by atomic mass is 79.9. The van der Waals surface area contributed by atoms with Crippen LogP contribution in [0.4, 0.5) is 5.69 Å². The fraction of sp³-hybridized carbons (Fsp3) is 0.143. The maximum atomic E-state index is 12.6. The Labute approximate surface area is 140 Å². The topological polar surface area (TPSA) is 62.7 Å². The summed E-state index contributed by atoms with van der Waals surface area (Å²) < 4.78 is 5.99. The molecule has 1 amide bonds. The number of halogens is 2. The Morgan fingerprint density at radius 1 is 1.38 bits per heavy atom. The van der Waals surface area contributed by atoms with Crippen molar-refractivity contribution in [3.8, 4) is 11.5 Å². The molecule has 0 saturated heterocycles. The number of carbonyl (C=O) groups excluding carboxylic acids is 1. The van der Waals surface area contributed by atoms with Gasteiger partial charge >= 0.3 is 0 Å². The number of carbonyl (C=O) groups is 1. The van der Waals surface area contributed by atoms with Crippen LogP contribution in [0, 0.1) is 0 Å². The smallest absolute Gasteiger partial charge is 0.258 e. The number of benzene rings is 1. The summed E-state index contributed by atoms with van der Waals surface area (Å²) >= 11 is 3.21. The van der Waals surface area contributed by atoms with Crippen LogP contribution in [0.5, 0.6) is 11.5 Å². The lowest BCUT2D eigenvalue weighted by molar-refractivity contribution is 0.0976. The Balaban J connectivity index is 0.00000161. The predicted octanol–water partition coefficient (Wildman–Crippen LogP) is 3.17. The second kappa shape index (κ2) is 6.44. The number of ether oxygens (including phenoxy) is 1. The minimum Gasteiger partial charge on any atom is -0.507 e. The first-order chi connectivity index (χ1) is 9.66. The van der Waals surface area contributed by atoms with Crippen LogP contribution in [0.25, 0.3) is 0 Å². The van der Waals surface area contributed by atoms with Gasteiger partial charge in [-0.05, 0) is 34.1 Å². The van der Waals surface area contributed by atoms with Crippen molar-refractivity contribution in [2.75, 3.05) is 18.1 Å². The van der Waals surface area contributed by atoms with Crippen molar-refractivity contribution < 1.29 is 14.6 Å². The van der Waals surface area contributed by atoms with Crippen molar-refractivity contribution in [1.29, 1.82) is 0 Å². The van der Waals surface area contributed by atoms with Gasteiger partial charge in [-0.15, -0.1) is 17.0 Å². The number of aromatic hydroxyl groups is 1. The lowest BCUT2D eigenvalue weighted by atomic mass is 10.1. The molecule has 1 aliphatic heterocycles. The van der Waals surface area contributed by atoms with Gasteiger partial charge in [-0.2, -0.15) is 0 Å². The third-order valence-electron chi connectivity index (χ3n) is 3.06. The minimum absolute atomic E-state index is 0. The zero-order chi connectivity index (χ0) is 14.1. The lowest BCUT2D eigenvalue weighted by Gasteiger charge is -2.29. The van der Waals surface area contributed by atoms with Crippen LogP contribution < -0.4 is 9.64 Å². The SMILES string of the molecule is Br.O=C(c1ccc(O)c(Br)c1)N1CCOc2ccncc21. The van der Waals surface area contributed by atoms with Crippen LogP contribution in [0.3, 0.4) is 0 Å². The molecule has 0 atom stereocenters. The van der Waals surface area contributed by atoms with Crippen molar-refractivity contribution in [3.05, 3.63) is 46.7 Å². The van der Waals surface area contributed by atoms with Gasteiger partial charge in [0.05, 0.1) is 17.2 Å². The van der Waals surface area contributed by atoms with Crippen LogP contribution in [0.15, 0.2) is 41.1 Å². The van der Waals surface area contributed by atoms with Crippen molar-refractivity contribution in [1.82, 2.24) is 4.98 Å². The van der Waals surface area contributed by atoms with Gasteiger partial charge in [0.2, 0.25) is 0 Å². The van der Waals surface area contributed by atoms with E-state index >= 15 is 0 Å². The predicted molar refractivity (Wildman–Crippen MR) is 87.5 cm³/mol. The molecule has 21 heavy (non-hydrogen) atoms. The minimum atomic E-state index is -0.150. The second-order valence-corrected chi connectivity index (χ2v) is 5.17. The molecular weight excluding hydrogens is 404 g/mol. The summed E-state index contributed by atoms with van der Waals surface area (Å²) in [5.41, 5.74) is 1.15. The summed E-state index contributed by atoms with van der Waals surface area (Å²) in [5, 5.41) is 9.49. The number of phenols is 1. The third kappa shape index (κ3) is 3.03. The largest absolute Gasteiger partial charge is 0.507 e. The first-order valence-electron chi connectivity index (χ1n) is 6.04. The van der Waals surface area contributed by atoms with Gasteiger partial charge in [-0.25, -0.2) is 0 Å². The molecule has 0 spiro atoms. The number of hydrogen-bond donors (Lipinski definition) is 1. The Morgan fingerprint density at radius 3 is 2.95 bits per heavy atom. The van der Waals surface area contributed by atoms with E-state index in [9.17, 15) is 9.90 Å². The molecule has 0 bridgehead atoms. The van der Waals surface area contributed by atoms with Crippen LogP contribution in [-0.4, -0.2) is 29.1 Å². The van der Waals surface area contributed by atoms with Crippen LogP contribution in [0.1, 0.15) is 10.4 Å². The average molecular weight is 416 g/mol. The van der Waals surface area contributed by atoms with Crippen molar-refractivity contribution in [2.45, 2.75) is 0 Å². The molecule has 1 aromatic heterocycles. The molecule has 0 aliphatic carbocycles. The zero-order valence-corrected chi connectivity index (χ0v) is 14.1. The summed E-state index contributed by atoms with van der Waals surface area (Å²) in [6.45, 7) is 0.915. The molecular formula is C14H12Br2N2O3. The molecule has 1 aromatic carbocycles. The van der Waals surface area contributed by atoms with E-state index in [1.165, 1.54) is 6.07 Å². The highest BCUT2D eigenvalue weighted by molar-refractivity contribution is 9.10. The molecule has 1 N–H and O–H groups in total. The number of anilines is 1. The molecule has 1 aliphatic rings. The third-order valence-corrected chi connectivity index (χ3v) is 3.70. The molecule has 0 fully saturated rings. The van der Waals surface area contributed by atoms with E-state index in [0.29, 0.717) is 34.6 Å². The van der Waals surface area contributed by atoms with Gasteiger partial charge in [0.25, 0.3) is 5.91 Å². The van der Waals surface area contributed by atoms with E-state index in [1.54, 1.807) is 35.5 Å². The Morgan fingerprint density at radius 2 is 2.19 bits per heavy atom. The van der Waals surface area contributed by atoms with Crippen molar-refractivity contribution >= 4 is 44.5 Å². The standard InChI is InChI=1S/C14H11BrN2O3.BrH/c15-10-7-9(1-2-12(10)18)14(19)17-5-6-20-13-3-4-16-8-11(13)17;/h1-4,7-8,18H,5-6H2;1H. The molecule has 0 radical (unpaired) electrons. The number of phenolic OH excluding ortho intramolecular Hbond substituents is 1. The van der Waals surface area contributed by atoms with E-state index in [4.69, 9.17) is 4.74 Å². The maximum Gasteiger partial charge on any atom is 0.258 e. The number of hydrogen-bond acceptors (Lipinski definition) is 4. The van der Waals surface area contributed by atoms with E-state index < -0.39 is 0 Å². The van der Waals surface area contributed by atoms with E-state index in [2.05, 4.69) is 20.9 Å². The molecule has 5 nitrogen and oxygen atoms in total. The fourth-order valence-corrected chi connectivity index (χ4v) is 2.45. The number of pyridine rings is 1. The van der Waals surface area contributed by atoms with Gasteiger partial charge in [0, 0.05) is 17.8 Å². The van der Waals surface area contributed by atoms with E-state index in [1.807, 2.05) is 0 Å². The summed E-state index contributed by atoms with van der Waals surface area (Å²) in [6, 6.07) is 6.42. The molecule has 7 heteroatoms. The monoisotopic (exact) mass is 414 g/mol. The summed E-state index contributed by atoms with van der Waals surface area (Å²) in [4.78, 5) is 18.2. The molecule has 2 aromatic rings. The van der Waals surface area contributed by atoms with Gasteiger partial charge in [0.15, 0.2) is 0 Å². The van der Waals surface area contributed by atoms with Crippen LogP contribution in [-0.2, 0) is 0 Å². The number of rotatable bonds is 1. The highest BCUT2D eigenvalue weighted by Crippen LogP contribution is 2.32. The summed E-state index contributed by atoms with van der Waals surface area (Å²) in [6.07, 6.45) is 3.24. The summed E-state index contributed by atoms with van der Waals surface area (Å²) in [5.74, 6) is 0.603. The van der Waals surface area contributed by atoms with Gasteiger partial charge < -0.3 is 14.7 Å². The van der Waals surface area contributed by atoms with Crippen LogP contribution >= 0.6 is 32.9 Å². The molecule has 3 rings (SSSR count). The van der Waals surface area contributed by atoms with Gasteiger partial charge in [-0.3, -0.25) is 9.78 Å². The van der Waals surface area contributed by atoms with Gasteiger partial charge in [-0.1, -0.05) is 0 Å². The first-order valence-corrected chi connectivity index (χ1v) is 6.83. The first kappa shape index (κ1) is 15.8. The van der Waals surface area contributed by atoms with E-state index in [-0.39, 0.29) is 28.6 Å². The lowest BCUT2D eigenvalue weighted by Crippen LogP contribution is -2.38. The van der Waals surface area contributed by atoms with Gasteiger partial charge in [0.1, 0.15) is 23.8 Å². The summed E-state index contributed by atoms with van der Waals surface area (Å²) in [7, 11) is 0. The molecule has 0 unspecified atom stereocenters. The molecule has 0 saturated carbocycles. The normalized spacial score (nSPS) is 12.9. The average Bonchev–Trinajstić information content (AvgIpc) is 2.49. The number of aromatic nitrogens is 1. The second-order valence-electron chi connectivity index (χ2n) is 4.31. The molecule has 2 heterocycles. The van der Waals surface area contributed by atoms with Crippen LogP contribution in [0.2, 0.25) is 0 Å². The Hall–Kier alpha value is -1.60. The molecule has 110 valence electrons. The van der Waals surface area contributed by atoms with E-state index in [0.717, 1.165) is 0 Å². The number of amides is 1. The highest BCUT2D eigenvalue weighted by Gasteiger charge is 2.25. The Bertz CT molecular complexity index is 679. The quantitative estimate of drug-likeness (QED) is 0.776.